The van der Waals surface area contributed by atoms with Crippen molar-refractivity contribution in [2.75, 3.05) is 24.6 Å². The number of rotatable bonds is 4. The zero-order valence-corrected chi connectivity index (χ0v) is 16.1. The average molecular weight is 395 g/mol. The first-order valence-electron chi connectivity index (χ1n) is 9.99. The van der Waals surface area contributed by atoms with Crippen LogP contribution in [0.4, 0.5) is 10.1 Å². The molecule has 0 aromatic heterocycles. The third-order valence-corrected chi connectivity index (χ3v) is 6.02. The van der Waals surface area contributed by atoms with E-state index in [-0.39, 0.29) is 23.7 Å². The average Bonchev–Trinajstić information content (AvgIpc) is 3.36. The second-order valence-corrected chi connectivity index (χ2v) is 7.59. The van der Waals surface area contributed by atoms with Gasteiger partial charge in [0.1, 0.15) is 17.6 Å². The molecule has 2 aromatic carbocycles. The number of carbonyl (C=O) groups excluding carboxylic acids is 2. The van der Waals surface area contributed by atoms with Crippen LogP contribution in [-0.4, -0.2) is 47.6 Å². The Labute approximate surface area is 168 Å². The summed E-state index contributed by atoms with van der Waals surface area (Å²) in [6.07, 6.45) is 0.936. The van der Waals surface area contributed by atoms with Crippen LogP contribution >= 0.6 is 0 Å². The van der Waals surface area contributed by atoms with Gasteiger partial charge in [-0.3, -0.25) is 9.59 Å². The second-order valence-electron chi connectivity index (χ2n) is 7.59. The Morgan fingerprint density at radius 2 is 1.59 bits per heavy atom. The van der Waals surface area contributed by atoms with Crippen LogP contribution in [0.3, 0.4) is 0 Å². The van der Waals surface area contributed by atoms with E-state index < -0.39 is 12.0 Å². The van der Waals surface area contributed by atoms with E-state index in [0.29, 0.717) is 18.0 Å². The summed E-state index contributed by atoms with van der Waals surface area (Å²) in [5, 5.41) is 4.15. The molecule has 0 N–H and O–H groups in total. The lowest BCUT2D eigenvalue weighted by Gasteiger charge is -2.29. The van der Waals surface area contributed by atoms with Gasteiger partial charge in [-0.1, -0.05) is 12.1 Å². The number of hydrogen-bond acceptors (Lipinski definition) is 5. The van der Waals surface area contributed by atoms with E-state index in [1.54, 1.807) is 36.4 Å². The van der Waals surface area contributed by atoms with E-state index in [1.807, 2.05) is 11.9 Å². The van der Waals surface area contributed by atoms with Crippen LogP contribution in [0.25, 0.3) is 0 Å². The Balaban J connectivity index is 1.51. The highest BCUT2D eigenvalue weighted by Gasteiger charge is 2.62. The van der Waals surface area contributed by atoms with E-state index >= 15 is 0 Å². The van der Waals surface area contributed by atoms with Crippen molar-refractivity contribution in [1.29, 1.82) is 0 Å². The van der Waals surface area contributed by atoms with Crippen molar-refractivity contribution < 1.29 is 18.7 Å². The van der Waals surface area contributed by atoms with E-state index in [9.17, 15) is 14.0 Å². The third-order valence-electron chi connectivity index (χ3n) is 6.02. The Kier molecular flexibility index (Phi) is 4.37. The Morgan fingerprint density at radius 1 is 0.931 bits per heavy atom. The molecule has 3 aliphatic heterocycles. The minimum absolute atomic E-state index is 0.194. The van der Waals surface area contributed by atoms with Gasteiger partial charge < -0.3 is 4.74 Å². The molecule has 0 bridgehead atoms. The quantitative estimate of drug-likeness (QED) is 0.746. The number of ether oxygens (including phenoxy) is 1. The molecular weight excluding hydrogens is 373 g/mol. The summed E-state index contributed by atoms with van der Waals surface area (Å²) in [5.74, 6) is -0.509. The summed E-state index contributed by atoms with van der Waals surface area (Å²) in [6.45, 7) is 3.99. The van der Waals surface area contributed by atoms with Crippen LogP contribution in [0.15, 0.2) is 48.5 Å². The molecule has 5 rings (SSSR count). The summed E-state index contributed by atoms with van der Waals surface area (Å²) in [5.41, 5.74) is 1.42. The SMILES string of the molecule is CCOc1ccc(N2C(=O)C3C(C2=O)N2CCCN2C3c2ccc(F)cc2)cc1. The largest absolute Gasteiger partial charge is 0.494 e. The molecular formula is C22H22FN3O3. The summed E-state index contributed by atoms with van der Waals surface area (Å²) in [4.78, 5) is 28.1. The van der Waals surface area contributed by atoms with Gasteiger partial charge in [0.25, 0.3) is 5.91 Å². The molecule has 3 heterocycles. The van der Waals surface area contributed by atoms with Gasteiger partial charge in [-0.2, -0.15) is 0 Å². The summed E-state index contributed by atoms with van der Waals surface area (Å²) in [6, 6.07) is 12.5. The molecule has 0 saturated carbocycles. The molecule has 3 unspecified atom stereocenters. The van der Waals surface area contributed by atoms with Crippen LogP contribution in [0, 0.1) is 11.7 Å². The van der Waals surface area contributed by atoms with Crippen molar-refractivity contribution in [3.63, 3.8) is 0 Å². The first kappa shape index (κ1) is 18.3. The van der Waals surface area contributed by atoms with Crippen LogP contribution in [0.1, 0.15) is 24.9 Å². The number of hydrogen-bond donors (Lipinski definition) is 0. The van der Waals surface area contributed by atoms with E-state index in [2.05, 4.69) is 5.01 Å². The van der Waals surface area contributed by atoms with Gasteiger partial charge in [0.2, 0.25) is 5.91 Å². The van der Waals surface area contributed by atoms with Gasteiger partial charge in [0, 0.05) is 13.1 Å². The molecule has 0 radical (unpaired) electrons. The number of imide groups is 1. The molecule has 3 aliphatic rings. The lowest BCUT2D eigenvalue weighted by molar-refractivity contribution is -0.126. The molecule has 7 heteroatoms. The number of carbonyl (C=O) groups is 2. The number of hydrazine groups is 1. The Morgan fingerprint density at radius 3 is 2.24 bits per heavy atom. The van der Waals surface area contributed by atoms with Crippen molar-refractivity contribution in [1.82, 2.24) is 10.0 Å². The number of anilines is 1. The molecule has 3 atom stereocenters. The molecule has 2 amide bonds. The maximum absolute atomic E-state index is 13.5. The molecule has 6 nitrogen and oxygen atoms in total. The van der Waals surface area contributed by atoms with Crippen molar-refractivity contribution in [3.05, 3.63) is 59.9 Å². The standard InChI is InChI=1S/C22H22FN3O3/c1-2-29-17-10-8-16(9-11-17)26-21(27)18-19(14-4-6-15(23)7-5-14)24-12-3-13-25(24)20(18)22(26)28/h4-11,18-20H,2-3,12-13H2,1H3. The maximum Gasteiger partial charge on any atom is 0.253 e. The predicted molar refractivity (Wildman–Crippen MR) is 105 cm³/mol. The van der Waals surface area contributed by atoms with Crippen molar-refractivity contribution in [2.24, 2.45) is 5.92 Å². The first-order valence-corrected chi connectivity index (χ1v) is 9.99. The number of amides is 2. The number of benzene rings is 2. The lowest BCUT2D eigenvalue weighted by atomic mass is 9.90. The monoisotopic (exact) mass is 395 g/mol. The summed E-state index contributed by atoms with van der Waals surface area (Å²) in [7, 11) is 0. The van der Waals surface area contributed by atoms with Crippen LogP contribution in [-0.2, 0) is 9.59 Å². The van der Waals surface area contributed by atoms with Gasteiger partial charge in [-0.15, -0.1) is 0 Å². The maximum atomic E-state index is 13.5. The van der Waals surface area contributed by atoms with Gasteiger partial charge in [0.05, 0.1) is 24.3 Å². The van der Waals surface area contributed by atoms with Gasteiger partial charge in [-0.05, 0) is 55.3 Å². The van der Waals surface area contributed by atoms with Crippen LogP contribution in [0.5, 0.6) is 5.75 Å². The zero-order chi connectivity index (χ0) is 20.1. The van der Waals surface area contributed by atoms with Crippen LogP contribution in [0.2, 0.25) is 0 Å². The van der Waals surface area contributed by atoms with E-state index in [1.165, 1.54) is 17.0 Å². The molecule has 0 aliphatic carbocycles. The highest BCUT2D eigenvalue weighted by Crippen LogP contribution is 2.48. The normalized spacial score (nSPS) is 26.8. The fourth-order valence-corrected chi connectivity index (χ4v) is 4.89. The minimum Gasteiger partial charge on any atom is -0.494 e. The smallest absolute Gasteiger partial charge is 0.253 e. The van der Waals surface area contributed by atoms with Crippen LogP contribution < -0.4 is 9.64 Å². The fraction of sp³-hybridized carbons (Fsp3) is 0.364. The first-order chi connectivity index (χ1) is 14.1. The predicted octanol–water partition coefficient (Wildman–Crippen LogP) is 2.76. The molecule has 3 fully saturated rings. The van der Waals surface area contributed by atoms with E-state index in [4.69, 9.17) is 4.74 Å². The Hall–Kier alpha value is -2.77. The van der Waals surface area contributed by atoms with Crippen molar-refractivity contribution in [2.45, 2.75) is 25.4 Å². The number of halogens is 1. The Bertz CT molecular complexity index is 947. The minimum atomic E-state index is -0.508. The van der Waals surface area contributed by atoms with Crippen molar-refractivity contribution >= 4 is 17.5 Å². The topological polar surface area (TPSA) is 53.1 Å². The highest BCUT2D eigenvalue weighted by atomic mass is 19.1. The zero-order valence-electron chi connectivity index (χ0n) is 16.1. The lowest BCUT2D eigenvalue weighted by Crippen LogP contribution is -2.44. The van der Waals surface area contributed by atoms with Gasteiger partial charge in [-0.25, -0.2) is 19.3 Å². The summed E-state index contributed by atoms with van der Waals surface area (Å²) >= 11 is 0. The molecule has 3 saturated heterocycles. The summed E-state index contributed by atoms with van der Waals surface area (Å²) < 4.78 is 18.9. The molecule has 0 spiro atoms. The van der Waals surface area contributed by atoms with Gasteiger partial charge >= 0.3 is 0 Å². The molecule has 29 heavy (non-hydrogen) atoms. The highest BCUT2D eigenvalue weighted by molar-refractivity contribution is 6.24. The fourth-order valence-electron chi connectivity index (χ4n) is 4.89. The molecule has 150 valence electrons. The van der Waals surface area contributed by atoms with Crippen molar-refractivity contribution in [3.8, 4) is 5.75 Å². The second kappa shape index (κ2) is 6.93. The number of fused-ring (bicyclic) bond motifs is 3. The van der Waals surface area contributed by atoms with Gasteiger partial charge in [0.15, 0.2) is 0 Å². The third kappa shape index (κ3) is 2.76. The number of nitrogens with zero attached hydrogens (tertiary/aromatic N) is 3. The van der Waals surface area contributed by atoms with E-state index in [0.717, 1.165) is 25.1 Å². The molecule has 2 aromatic rings.